The molecule has 1 aliphatic heterocycles. The molecule has 0 spiro atoms. The van der Waals surface area contributed by atoms with Crippen LogP contribution in [0.4, 0.5) is 74.6 Å². The van der Waals surface area contributed by atoms with Gasteiger partial charge in [-0.3, -0.25) is 24.4 Å². The van der Waals surface area contributed by atoms with Crippen molar-refractivity contribution in [1.29, 1.82) is 0 Å². The van der Waals surface area contributed by atoms with Gasteiger partial charge in [-0.05, 0) is 5.56 Å². The minimum absolute atomic E-state index is 0. The van der Waals surface area contributed by atoms with E-state index in [2.05, 4.69) is 0 Å². The summed E-state index contributed by atoms with van der Waals surface area (Å²) < 4.78 is 263. The number of sulfonamides is 1. The Kier molecular flexibility index (Phi) is 22.4. The van der Waals surface area contributed by atoms with Crippen molar-refractivity contribution in [3.05, 3.63) is 35.9 Å². The average Bonchev–Trinajstić information content (AvgIpc) is 3.19. The van der Waals surface area contributed by atoms with Crippen molar-refractivity contribution in [2.75, 3.05) is 91.6 Å². The predicted molar refractivity (Wildman–Crippen MR) is 186 cm³/mol. The molecule has 0 saturated carbocycles. The standard InChI is InChI=1S/C34H41F17N6O10S.Gd/c35-27(36,29(39,40)31(43,44)33(47,48)49)28(37,38)30(41,42)32(45,46)34(50,51)68(66,67)57(15-21-4-2-1-3-5-21)17-23(59)52-14-22(58)16-53-6-8-54(18-24(60)61)10-12-56(20-26(64)65)13-11-55(9-7-53)19-25(62)63;/h1-5,22,58H,6-20H2,(H,52,59)(H,60,61)(H,62,63)(H,64,65);/q;+3/p-3. The summed E-state index contributed by atoms with van der Waals surface area (Å²) >= 11 is 0. The van der Waals surface area contributed by atoms with Crippen LogP contribution in [0.25, 0.3) is 0 Å². The summed E-state index contributed by atoms with van der Waals surface area (Å²) in [6, 6.07) is 4.62. The van der Waals surface area contributed by atoms with Crippen LogP contribution in [0.2, 0.25) is 0 Å². The van der Waals surface area contributed by atoms with Crippen molar-refractivity contribution in [3.63, 3.8) is 0 Å². The number of aliphatic hydroxyl groups excluding tert-OH is 1. The number of hydrogen-bond acceptors (Lipinski definition) is 14. The van der Waals surface area contributed by atoms with Crippen LogP contribution in [0, 0.1) is 39.9 Å². The molecule has 35 heteroatoms. The molecule has 1 unspecified atom stereocenters. The van der Waals surface area contributed by atoms with Crippen molar-refractivity contribution in [1.82, 2.24) is 29.2 Å². The first-order valence-electron chi connectivity index (χ1n) is 18.9. The van der Waals surface area contributed by atoms with E-state index in [1.807, 2.05) is 0 Å². The maximum atomic E-state index is 15.3. The number of nitrogens with zero attached hydrogens (tertiary/aromatic N) is 5. The van der Waals surface area contributed by atoms with Crippen molar-refractivity contribution >= 4 is 33.8 Å². The third-order valence-corrected chi connectivity index (χ3v) is 11.7. The SMILES string of the molecule is O=C([O-])CN1CCN(CC(=O)[O-])CCN(CC(O)CNC(=O)CN(Cc2ccccc2)S(=O)(=O)C(F)(F)C(F)(F)C(F)(F)C(F)(F)C(F)(F)C(F)(F)C(F)(F)C(F)(F)F)CCN(CC(=O)[O-])CC1.[Gd+3]. The van der Waals surface area contributed by atoms with E-state index in [1.54, 1.807) is 5.32 Å². The van der Waals surface area contributed by atoms with Crippen molar-refractivity contribution in [2.45, 2.75) is 59.6 Å². The van der Waals surface area contributed by atoms with Crippen molar-refractivity contribution in [2.24, 2.45) is 0 Å². The van der Waals surface area contributed by atoms with Crippen LogP contribution in [0.15, 0.2) is 30.3 Å². The molecule has 2 rings (SSSR count). The maximum absolute atomic E-state index is 15.3. The molecule has 1 aromatic carbocycles. The van der Waals surface area contributed by atoms with Crippen LogP contribution in [0.3, 0.4) is 0 Å². The van der Waals surface area contributed by atoms with Crippen LogP contribution in [0.5, 0.6) is 0 Å². The van der Waals surface area contributed by atoms with Crippen LogP contribution in [-0.4, -0.2) is 206 Å². The second kappa shape index (κ2) is 24.1. The van der Waals surface area contributed by atoms with Gasteiger partial charge in [-0.15, -0.1) is 0 Å². The first-order chi connectivity index (χ1) is 30.7. The van der Waals surface area contributed by atoms with Crippen LogP contribution >= 0.6 is 0 Å². The second-order valence-corrected chi connectivity index (χ2v) is 16.9. The predicted octanol–water partition coefficient (Wildman–Crippen LogP) is -1.27. The zero-order valence-electron chi connectivity index (χ0n) is 34.6. The molecule has 0 bridgehead atoms. The molecular weight excluding hydrogens is 1160 g/mol. The Morgan fingerprint density at radius 3 is 1.26 bits per heavy atom. The molecule has 1 fully saturated rings. The first-order valence-corrected chi connectivity index (χ1v) is 20.3. The molecule has 1 aromatic rings. The number of β-amino-alcohol motifs (C(OH)–C–C–N with tert-alkyl or cyclic N) is 1. The number of halogens is 17. The van der Waals surface area contributed by atoms with E-state index in [0.717, 1.165) is 30.3 Å². The third-order valence-electron chi connectivity index (χ3n) is 9.87. The number of carboxylic acid groups (broad SMARTS) is 3. The van der Waals surface area contributed by atoms with Gasteiger partial charge in [0, 0.05) is 91.6 Å². The fourth-order valence-corrected chi connectivity index (χ4v) is 7.46. The van der Waals surface area contributed by atoms with E-state index in [4.69, 9.17) is 0 Å². The van der Waals surface area contributed by atoms with Crippen LogP contribution in [0.1, 0.15) is 5.56 Å². The van der Waals surface area contributed by atoms with Gasteiger partial charge in [0.05, 0.1) is 30.6 Å². The molecule has 1 saturated heterocycles. The monoisotopic (exact) mass is 1200 g/mol. The Labute approximate surface area is 411 Å². The van der Waals surface area contributed by atoms with E-state index < -0.39 is 143 Å². The maximum Gasteiger partial charge on any atom is 3.00 e. The molecule has 1 atom stereocenters. The number of hydrogen-bond donors (Lipinski definition) is 2. The smallest absolute Gasteiger partial charge is 0.549 e. The molecule has 1 amide bonds. The van der Waals surface area contributed by atoms with E-state index in [9.17, 15) is 114 Å². The van der Waals surface area contributed by atoms with Gasteiger partial charge in [0.25, 0.3) is 10.0 Å². The molecule has 1 radical (unpaired) electrons. The summed E-state index contributed by atoms with van der Waals surface area (Å²) in [5, 5.41) is 38.5. The van der Waals surface area contributed by atoms with E-state index in [1.165, 1.54) is 19.6 Å². The van der Waals surface area contributed by atoms with Gasteiger partial charge in [-0.25, -0.2) is 8.42 Å². The summed E-state index contributed by atoms with van der Waals surface area (Å²) in [5.74, 6) is -59.7. The number of carboxylic acids is 3. The van der Waals surface area contributed by atoms with Crippen molar-refractivity contribution < 1.29 is 163 Å². The van der Waals surface area contributed by atoms with Gasteiger partial charge < -0.3 is 40.1 Å². The zero-order chi connectivity index (χ0) is 52.7. The van der Waals surface area contributed by atoms with Gasteiger partial charge >= 0.3 is 86.9 Å². The fraction of sp³-hybridized carbons (Fsp3) is 0.706. The normalized spacial score (nSPS) is 17.6. The summed E-state index contributed by atoms with van der Waals surface area (Å²) in [7, 11) is -7.94. The number of aliphatic hydroxyl groups is 1. The number of benzene rings is 1. The number of carbonyl (C=O) groups excluding carboxylic acids is 4. The molecule has 69 heavy (non-hydrogen) atoms. The summed E-state index contributed by atoms with van der Waals surface area (Å²) in [5.41, 5.74) is -0.622. The number of nitrogens with one attached hydrogen (secondary N) is 1. The Bertz CT molecular complexity index is 1980. The van der Waals surface area contributed by atoms with Crippen LogP contribution < -0.4 is 20.6 Å². The van der Waals surface area contributed by atoms with E-state index in [0.29, 0.717) is 0 Å². The Hall–Kier alpha value is -3.06. The van der Waals surface area contributed by atoms with Gasteiger partial charge in [0.2, 0.25) is 5.91 Å². The summed E-state index contributed by atoms with van der Waals surface area (Å²) in [4.78, 5) is 52.1. The largest absolute Gasteiger partial charge is 3.00 e. The fourth-order valence-electron chi connectivity index (χ4n) is 6.08. The number of amides is 1. The quantitative estimate of drug-likeness (QED) is 0.130. The number of rotatable bonds is 22. The molecular formula is C34H38F17GdN6O10S. The zero-order valence-corrected chi connectivity index (χ0v) is 37.7. The Morgan fingerprint density at radius 1 is 0.580 bits per heavy atom. The van der Waals surface area contributed by atoms with E-state index >= 15 is 8.78 Å². The molecule has 1 heterocycles. The first kappa shape index (κ1) is 64.0. The average molecular weight is 1200 g/mol. The number of aliphatic carboxylic acids is 3. The van der Waals surface area contributed by atoms with Crippen LogP contribution in [-0.2, 0) is 35.7 Å². The van der Waals surface area contributed by atoms with Gasteiger partial charge in [-0.2, -0.15) is 78.9 Å². The summed E-state index contributed by atoms with van der Waals surface area (Å²) in [6.45, 7) is -9.09. The number of alkyl halides is 17. The second-order valence-electron chi connectivity index (χ2n) is 14.9. The Morgan fingerprint density at radius 2 is 0.913 bits per heavy atom. The summed E-state index contributed by atoms with van der Waals surface area (Å²) in [6.07, 6.45) is -9.87. The molecule has 397 valence electrons. The molecule has 0 aromatic heterocycles. The van der Waals surface area contributed by atoms with E-state index in [-0.39, 0.29) is 92.3 Å². The van der Waals surface area contributed by atoms with Crippen molar-refractivity contribution in [3.8, 4) is 0 Å². The Balaban J connectivity index is 0.0000238. The minimum atomic E-state index is -9.08. The number of carbonyl (C=O) groups is 4. The van der Waals surface area contributed by atoms with Gasteiger partial charge in [-0.1, -0.05) is 30.3 Å². The minimum Gasteiger partial charge on any atom is -0.549 e. The molecule has 0 aliphatic carbocycles. The van der Waals surface area contributed by atoms with Gasteiger partial charge in [0.1, 0.15) is 0 Å². The third kappa shape index (κ3) is 14.8. The topological polar surface area (TPSA) is 220 Å². The molecule has 1 aliphatic rings. The molecule has 16 nitrogen and oxygen atoms in total. The molecule has 2 N–H and O–H groups in total. The van der Waals surface area contributed by atoms with Gasteiger partial charge in [0.15, 0.2) is 0 Å².